The van der Waals surface area contributed by atoms with E-state index in [0.717, 1.165) is 30.0 Å². The molecule has 1 aromatic rings. The molecule has 1 aliphatic rings. The van der Waals surface area contributed by atoms with Gasteiger partial charge >= 0.3 is 0 Å². The van der Waals surface area contributed by atoms with Gasteiger partial charge in [0.2, 0.25) is 5.91 Å². The maximum Gasteiger partial charge on any atom is 0.255 e. The van der Waals surface area contributed by atoms with Crippen LogP contribution in [0.2, 0.25) is 5.02 Å². The predicted molar refractivity (Wildman–Crippen MR) is 90.3 cm³/mol. The molecule has 6 heteroatoms. The third kappa shape index (κ3) is 4.40. The van der Waals surface area contributed by atoms with E-state index in [4.69, 9.17) is 17.3 Å². The van der Waals surface area contributed by atoms with Gasteiger partial charge in [-0.3, -0.25) is 9.59 Å². The zero-order valence-corrected chi connectivity index (χ0v) is 14.3. The van der Waals surface area contributed by atoms with Crippen LogP contribution in [0.25, 0.3) is 0 Å². The van der Waals surface area contributed by atoms with E-state index in [1.807, 2.05) is 17.9 Å². The molecule has 0 aliphatic carbocycles. The van der Waals surface area contributed by atoms with Crippen LogP contribution < -0.4 is 5.73 Å². The summed E-state index contributed by atoms with van der Waals surface area (Å²) < 4.78 is 0. The number of thioether (sulfide) groups is 1. The van der Waals surface area contributed by atoms with E-state index in [0.29, 0.717) is 23.6 Å². The molecule has 1 fully saturated rings. The molecule has 1 aromatic carbocycles. The minimum absolute atomic E-state index is 0.0155. The molecule has 1 atom stereocenters. The van der Waals surface area contributed by atoms with Crippen molar-refractivity contribution >= 4 is 35.2 Å². The predicted octanol–water partition coefficient (Wildman–Crippen LogP) is 3.18. The number of rotatable bonds is 5. The Bertz CT molecular complexity index is 565. The van der Waals surface area contributed by atoms with E-state index >= 15 is 0 Å². The van der Waals surface area contributed by atoms with Crippen molar-refractivity contribution in [3.05, 3.63) is 28.8 Å². The number of benzene rings is 1. The molecule has 1 saturated heterocycles. The Morgan fingerprint density at radius 3 is 2.91 bits per heavy atom. The van der Waals surface area contributed by atoms with Crippen molar-refractivity contribution in [3.63, 3.8) is 0 Å². The number of piperidine rings is 1. The number of amides is 2. The Hall–Kier alpha value is -1.20. The van der Waals surface area contributed by atoms with Gasteiger partial charge in [-0.15, -0.1) is 11.8 Å². The van der Waals surface area contributed by atoms with Gasteiger partial charge in [0.05, 0.1) is 5.56 Å². The number of primary amides is 1. The molecule has 0 bridgehead atoms. The number of likely N-dealkylation sites (tertiary alicyclic amines) is 1. The average molecular weight is 341 g/mol. The monoisotopic (exact) mass is 340 g/mol. The summed E-state index contributed by atoms with van der Waals surface area (Å²) in [5.41, 5.74) is 5.97. The largest absolute Gasteiger partial charge is 0.370 e. The first-order valence-electron chi connectivity index (χ1n) is 7.51. The average Bonchev–Trinajstić information content (AvgIpc) is 2.47. The van der Waals surface area contributed by atoms with E-state index in [2.05, 4.69) is 0 Å². The van der Waals surface area contributed by atoms with Crippen molar-refractivity contribution in [3.8, 4) is 0 Å². The van der Waals surface area contributed by atoms with Gasteiger partial charge in [0, 0.05) is 29.4 Å². The van der Waals surface area contributed by atoms with Crippen molar-refractivity contribution in [1.29, 1.82) is 0 Å². The Balaban J connectivity index is 2.15. The first kappa shape index (κ1) is 17.2. The van der Waals surface area contributed by atoms with Crippen LogP contribution in [-0.4, -0.2) is 35.6 Å². The fourth-order valence-corrected chi connectivity index (χ4v) is 3.89. The summed E-state index contributed by atoms with van der Waals surface area (Å²) in [6, 6.07) is 5.38. The Kier molecular flexibility index (Phi) is 6.15. The smallest absolute Gasteiger partial charge is 0.255 e. The van der Waals surface area contributed by atoms with E-state index in [-0.39, 0.29) is 17.7 Å². The lowest BCUT2D eigenvalue weighted by atomic mass is 9.94. The topological polar surface area (TPSA) is 63.4 Å². The molecule has 1 heterocycles. The van der Waals surface area contributed by atoms with Crippen LogP contribution in [0.15, 0.2) is 23.1 Å². The third-order valence-electron chi connectivity index (χ3n) is 3.77. The molecular weight excluding hydrogens is 320 g/mol. The summed E-state index contributed by atoms with van der Waals surface area (Å²) in [6.45, 7) is 3.37. The zero-order valence-electron chi connectivity index (χ0n) is 12.7. The first-order chi connectivity index (χ1) is 10.5. The first-order valence-corrected chi connectivity index (χ1v) is 8.87. The van der Waals surface area contributed by atoms with Crippen LogP contribution >= 0.6 is 23.4 Å². The van der Waals surface area contributed by atoms with Crippen molar-refractivity contribution in [2.45, 2.75) is 31.1 Å². The van der Waals surface area contributed by atoms with Gasteiger partial charge in [0.1, 0.15) is 0 Å². The Morgan fingerprint density at radius 1 is 1.45 bits per heavy atom. The number of nitrogens with two attached hydrogens (primary N) is 1. The van der Waals surface area contributed by atoms with Crippen molar-refractivity contribution in [1.82, 2.24) is 4.90 Å². The molecule has 4 nitrogen and oxygen atoms in total. The fourth-order valence-electron chi connectivity index (χ4n) is 2.82. The van der Waals surface area contributed by atoms with E-state index in [1.54, 1.807) is 23.9 Å². The highest BCUT2D eigenvalue weighted by Crippen LogP contribution is 2.29. The number of nitrogens with zero attached hydrogens (tertiary/aromatic N) is 1. The molecule has 2 amide bonds. The SMILES string of the molecule is CCSc1cc(Cl)ccc1C(=O)N1CCC[C@@H](CC(N)=O)C1. The van der Waals surface area contributed by atoms with E-state index in [1.165, 1.54) is 0 Å². The highest BCUT2D eigenvalue weighted by atomic mass is 35.5. The summed E-state index contributed by atoms with van der Waals surface area (Å²) in [4.78, 5) is 26.6. The van der Waals surface area contributed by atoms with E-state index in [9.17, 15) is 9.59 Å². The molecule has 0 saturated carbocycles. The van der Waals surface area contributed by atoms with Crippen molar-refractivity contribution in [2.75, 3.05) is 18.8 Å². The van der Waals surface area contributed by atoms with Crippen LogP contribution in [0.1, 0.15) is 36.5 Å². The minimum atomic E-state index is -0.298. The number of carbonyl (C=O) groups is 2. The summed E-state index contributed by atoms with van der Waals surface area (Å²) in [7, 11) is 0. The van der Waals surface area contributed by atoms with Gasteiger partial charge in [0.25, 0.3) is 5.91 Å². The number of halogens is 1. The third-order valence-corrected chi connectivity index (χ3v) is 4.94. The molecule has 0 radical (unpaired) electrons. The maximum atomic E-state index is 12.8. The number of carbonyl (C=O) groups excluding carboxylic acids is 2. The molecule has 2 N–H and O–H groups in total. The molecule has 2 rings (SSSR count). The summed E-state index contributed by atoms with van der Waals surface area (Å²) >= 11 is 7.65. The van der Waals surface area contributed by atoms with E-state index < -0.39 is 0 Å². The van der Waals surface area contributed by atoms with Crippen molar-refractivity contribution in [2.24, 2.45) is 11.7 Å². The summed E-state index contributed by atoms with van der Waals surface area (Å²) in [6.07, 6.45) is 2.21. The van der Waals surface area contributed by atoms with Gasteiger partial charge in [-0.1, -0.05) is 18.5 Å². The highest BCUT2D eigenvalue weighted by Gasteiger charge is 2.26. The second kappa shape index (κ2) is 7.88. The van der Waals surface area contributed by atoms with Gasteiger partial charge in [-0.05, 0) is 42.7 Å². The van der Waals surface area contributed by atoms with Crippen LogP contribution in [0, 0.1) is 5.92 Å². The lowest BCUT2D eigenvalue weighted by molar-refractivity contribution is -0.119. The standard InChI is InChI=1S/C16H21ClN2O2S/c1-2-22-14-9-12(17)5-6-13(14)16(21)19-7-3-4-11(10-19)8-15(18)20/h5-6,9,11H,2-4,7-8,10H2,1H3,(H2,18,20)/t11-/m0/s1. The minimum Gasteiger partial charge on any atom is -0.370 e. The van der Waals surface area contributed by atoms with Crippen LogP contribution in [-0.2, 0) is 4.79 Å². The molecule has 0 aromatic heterocycles. The van der Waals surface area contributed by atoms with Gasteiger partial charge < -0.3 is 10.6 Å². The molecule has 1 aliphatic heterocycles. The van der Waals surface area contributed by atoms with Crippen molar-refractivity contribution < 1.29 is 9.59 Å². The second-order valence-corrected chi connectivity index (χ2v) is 7.25. The molecule has 120 valence electrons. The van der Waals surface area contributed by atoms with Gasteiger partial charge in [-0.2, -0.15) is 0 Å². The molecule has 0 unspecified atom stereocenters. The quantitative estimate of drug-likeness (QED) is 0.837. The summed E-state index contributed by atoms with van der Waals surface area (Å²) in [5, 5.41) is 0.637. The Labute approximate surface area is 140 Å². The molecule has 22 heavy (non-hydrogen) atoms. The normalized spacial score (nSPS) is 18.3. The molecular formula is C16H21ClN2O2S. The molecule has 0 spiro atoms. The lowest BCUT2D eigenvalue weighted by Crippen LogP contribution is -2.41. The fraction of sp³-hybridized carbons (Fsp3) is 0.500. The maximum absolute atomic E-state index is 12.8. The van der Waals surface area contributed by atoms with Crippen LogP contribution in [0.3, 0.4) is 0 Å². The summed E-state index contributed by atoms with van der Waals surface area (Å²) in [5.74, 6) is 0.768. The highest BCUT2D eigenvalue weighted by molar-refractivity contribution is 7.99. The lowest BCUT2D eigenvalue weighted by Gasteiger charge is -2.32. The van der Waals surface area contributed by atoms with Crippen LogP contribution in [0.4, 0.5) is 0 Å². The Morgan fingerprint density at radius 2 is 2.23 bits per heavy atom. The zero-order chi connectivity index (χ0) is 16.1. The number of hydrogen-bond acceptors (Lipinski definition) is 3. The second-order valence-electron chi connectivity index (χ2n) is 5.50. The van der Waals surface area contributed by atoms with Gasteiger partial charge in [0.15, 0.2) is 0 Å². The number of hydrogen-bond donors (Lipinski definition) is 1. The van der Waals surface area contributed by atoms with Gasteiger partial charge in [-0.25, -0.2) is 0 Å². The van der Waals surface area contributed by atoms with Crippen LogP contribution in [0.5, 0.6) is 0 Å².